The zero-order valence-electron chi connectivity index (χ0n) is 15.6. The standard InChI is InChI=1S/C20H24O6/c1-5-23-19-9-15-7-8-16(11-25-13(3)21)18(12-26-14(4)22)17(15)10-20(19)24-6-2/h7-10H,5-6,11-12H2,1-4H3. The fourth-order valence-electron chi connectivity index (χ4n) is 2.63. The smallest absolute Gasteiger partial charge is 0.302 e. The van der Waals surface area contributed by atoms with Gasteiger partial charge in [0.05, 0.1) is 13.2 Å². The monoisotopic (exact) mass is 360 g/mol. The second-order valence-electron chi connectivity index (χ2n) is 5.65. The van der Waals surface area contributed by atoms with Gasteiger partial charge in [-0.05, 0) is 42.3 Å². The summed E-state index contributed by atoms with van der Waals surface area (Å²) in [5, 5.41) is 1.79. The maximum atomic E-state index is 11.3. The molecule has 0 N–H and O–H groups in total. The normalized spacial score (nSPS) is 10.5. The molecule has 2 rings (SSSR count). The number of fused-ring (bicyclic) bond motifs is 1. The first-order valence-electron chi connectivity index (χ1n) is 8.57. The van der Waals surface area contributed by atoms with E-state index in [4.69, 9.17) is 18.9 Å². The van der Waals surface area contributed by atoms with Gasteiger partial charge < -0.3 is 18.9 Å². The van der Waals surface area contributed by atoms with Gasteiger partial charge in [0, 0.05) is 19.4 Å². The van der Waals surface area contributed by atoms with E-state index in [1.807, 2.05) is 38.1 Å². The van der Waals surface area contributed by atoms with Gasteiger partial charge in [-0.1, -0.05) is 12.1 Å². The lowest BCUT2D eigenvalue weighted by molar-refractivity contribution is -0.143. The van der Waals surface area contributed by atoms with Gasteiger partial charge in [0.1, 0.15) is 13.2 Å². The van der Waals surface area contributed by atoms with Crippen molar-refractivity contribution in [2.24, 2.45) is 0 Å². The van der Waals surface area contributed by atoms with Crippen molar-refractivity contribution < 1.29 is 28.5 Å². The van der Waals surface area contributed by atoms with Crippen LogP contribution >= 0.6 is 0 Å². The lowest BCUT2D eigenvalue weighted by Crippen LogP contribution is -2.06. The molecule has 2 aromatic rings. The molecule has 0 saturated carbocycles. The molecule has 0 aliphatic carbocycles. The molecule has 0 aliphatic rings. The molecule has 0 heterocycles. The van der Waals surface area contributed by atoms with Gasteiger partial charge in [0.15, 0.2) is 11.5 Å². The average molecular weight is 360 g/mol. The van der Waals surface area contributed by atoms with E-state index >= 15 is 0 Å². The van der Waals surface area contributed by atoms with Crippen LogP contribution in [0.2, 0.25) is 0 Å². The summed E-state index contributed by atoms with van der Waals surface area (Å²) in [6.07, 6.45) is 0. The molecule has 0 saturated heterocycles. The summed E-state index contributed by atoms with van der Waals surface area (Å²) in [6.45, 7) is 7.74. The molecule has 140 valence electrons. The van der Waals surface area contributed by atoms with E-state index in [0.717, 1.165) is 21.9 Å². The van der Waals surface area contributed by atoms with Crippen LogP contribution in [-0.2, 0) is 32.3 Å². The number of carbonyl (C=O) groups is 2. The summed E-state index contributed by atoms with van der Waals surface area (Å²) >= 11 is 0. The molecule has 6 nitrogen and oxygen atoms in total. The molecular weight excluding hydrogens is 336 g/mol. The third-order valence-corrected chi connectivity index (χ3v) is 3.74. The van der Waals surface area contributed by atoms with Crippen molar-refractivity contribution in [2.45, 2.75) is 40.9 Å². The molecule has 0 spiro atoms. The Morgan fingerprint density at radius 3 is 2.00 bits per heavy atom. The number of hydrogen-bond acceptors (Lipinski definition) is 6. The molecule has 0 aromatic heterocycles. The number of rotatable bonds is 8. The third-order valence-electron chi connectivity index (χ3n) is 3.74. The summed E-state index contributed by atoms with van der Waals surface area (Å²) in [6, 6.07) is 7.56. The van der Waals surface area contributed by atoms with Crippen LogP contribution in [-0.4, -0.2) is 25.2 Å². The minimum absolute atomic E-state index is 0.0861. The van der Waals surface area contributed by atoms with Crippen molar-refractivity contribution in [2.75, 3.05) is 13.2 Å². The zero-order valence-corrected chi connectivity index (χ0v) is 15.6. The van der Waals surface area contributed by atoms with Crippen LogP contribution in [0, 0.1) is 0 Å². The number of ether oxygens (including phenoxy) is 4. The highest BCUT2D eigenvalue weighted by Crippen LogP contribution is 2.35. The largest absolute Gasteiger partial charge is 0.490 e. The molecule has 6 heteroatoms. The van der Waals surface area contributed by atoms with Crippen LogP contribution in [0.15, 0.2) is 24.3 Å². The van der Waals surface area contributed by atoms with Gasteiger partial charge in [-0.25, -0.2) is 0 Å². The minimum Gasteiger partial charge on any atom is -0.490 e. The van der Waals surface area contributed by atoms with E-state index in [1.54, 1.807) is 0 Å². The van der Waals surface area contributed by atoms with E-state index in [-0.39, 0.29) is 25.2 Å². The van der Waals surface area contributed by atoms with Gasteiger partial charge in [-0.15, -0.1) is 0 Å². The van der Waals surface area contributed by atoms with E-state index in [2.05, 4.69) is 0 Å². The topological polar surface area (TPSA) is 71.1 Å². The minimum atomic E-state index is -0.378. The van der Waals surface area contributed by atoms with E-state index in [1.165, 1.54) is 13.8 Å². The number of benzene rings is 2. The van der Waals surface area contributed by atoms with Crippen molar-refractivity contribution in [3.8, 4) is 11.5 Å². The molecule has 0 unspecified atom stereocenters. The van der Waals surface area contributed by atoms with Crippen LogP contribution in [0.25, 0.3) is 10.8 Å². The predicted molar refractivity (Wildman–Crippen MR) is 97.2 cm³/mol. The second-order valence-corrected chi connectivity index (χ2v) is 5.65. The lowest BCUT2D eigenvalue weighted by Gasteiger charge is -2.17. The summed E-state index contributed by atoms with van der Waals surface area (Å²) in [5.41, 5.74) is 1.56. The maximum Gasteiger partial charge on any atom is 0.302 e. The van der Waals surface area contributed by atoms with Gasteiger partial charge in [0.25, 0.3) is 0 Å². The molecule has 0 aliphatic heterocycles. The number of hydrogen-bond donors (Lipinski definition) is 0. The van der Waals surface area contributed by atoms with Crippen LogP contribution in [0.4, 0.5) is 0 Å². The fraction of sp³-hybridized carbons (Fsp3) is 0.400. The average Bonchev–Trinajstić information content (AvgIpc) is 2.59. The van der Waals surface area contributed by atoms with Crippen LogP contribution in [0.3, 0.4) is 0 Å². The highest BCUT2D eigenvalue weighted by atomic mass is 16.5. The Bertz CT molecular complexity index is 796. The molecule has 0 radical (unpaired) electrons. The van der Waals surface area contributed by atoms with Crippen molar-refractivity contribution >= 4 is 22.7 Å². The molecule has 0 bridgehead atoms. The Balaban J connectivity index is 2.57. The highest BCUT2D eigenvalue weighted by Gasteiger charge is 2.15. The summed E-state index contributed by atoms with van der Waals surface area (Å²) in [7, 11) is 0. The van der Waals surface area contributed by atoms with Crippen LogP contribution in [0.5, 0.6) is 11.5 Å². The Morgan fingerprint density at radius 2 is 1.42 bits per heavy atom. The highest BCUT2D eigenvalue weighted by molar-refractivity contribution is 5.90. The Kier molecular flexibility index (Phi) is 6.83. The number of esters is 2. The van der Waals surface area contributed by atoms with E-state index in [9.17, 15) is 9.59 Å². The van der Waals surface area contributed by atoms with Crippen LogP contribution in [0.1, 0.15) is 38.8 Å². The molecule has 26 heavy (non-hydrogen) atoms. The Labute approximate surface area is 153 Å². The summed E-state index contributed by atoms with van der Waals surface area (Å²) in [4.78, 5) is 22.5. The zero-order chi connectivity index (χ0) is 19.1. The van der Waals surface area contributed by atoms with E-state index < -0.39 is 0 Å². The first kappa shape index (κ1) is 19.6. The van der Waals surface area contributed by atoms with Gasteiger partial charge in [0.2, 0.25) is 0 Å². The van der Waals surface area contributed by atoms with Crippen molar-refractivity contribution in [3.05, 3.63) is 35.4 Å². The van der Waals surface area contributed by atoms with Gasteiger partial charge in [-0.2, -0.15) is 0 Å². The molecule has 2 aromatic carbocycles. The van der Waals surface area contributed by atoms with Crippen molar-refractivity contribution in [1.82, 2.24) is 0 Å². The van der Waals surface area contributed by atoms with Crippen molar-refractivity contribution in [3.63, 3.8) is 0 Å². The third kappa shape index (κ3) is 4.88. The predicted octanol–water partition coefficient (Wildman–Crippen LogP) is 3.76. The first-order chi connectivity index (χ1) is 12.5. The van der Waals surface area contributed by atoms with Gasteiger partial charge in [-0.3, -0.25) is 9.59 Å². The van der Waals surface area contributed by atoms with Crippen molar-refractivity contribution in [1.29, 1.82) is 0 Å². The van der Waals surface area contributed by atoms with E-state index in [0.29, 0.717) is 24.7 Å². The molecule has 0 amide bonds. The van der Waals surface area contributed by atoms with Gasteiger partial charge >= 0.3 is 11.9 Å². The fourth-order valence-corrected chi connectivity index (χ4v) is 2.63. The summed E-state index contributed by atoms with van der Waals surface area (Å²) < 4.78 is 21.7. The Hall–Kier alpha value is -2.76. The van der Waals surface area contributed by atoms with Crippen LogP contribution < -0.4 is 9.47 Å². The molecule has 0 fully saturated rings. The maximum absolute atomic E-state index is 11.3. The molecule has 0 atom stereocenters. The lowest BCUT2D eigenvalue weighted by atomic mass is 9.99. The SMILES string of the molecule is CCOc1cc2ccc(COC(C)=O)c(COC(C)=O)c2cc1OCC. The first-order valence-corrected chi connectivity index (χ1v) is 8.57. The second kappa shape index (κ2) is 9.08. The summed E-state index contributed by atoms with van der Waals surface area (Å²) in [5.74, 6) is 0.533. The number of carbonyl (C=O) groups excluding carboxylic acids is 2. The molecular formula is C20H24O6. The quantitative estimate of drug-likeness (QED) is 0.668. The Morgan fingerprint density at radius 1 is 0.846 bits per heavy atom.